The number of anilines is 1. The summed E-state index contributed by atoms with van der Waals surface area (Å²) < 4.78 is 12.6. The molecule has 1 saturated heterocycles. The quantitative estimate of drug-likeness (QED) is 0.151. The highest BCUT2D eigenvalue weighted by Crippen LogP contribution is 2.39. The number of allylic oxidation sites excluding steroid dienone is 1. The van der Waals surface area contributed by atoms with Crippen molar-refractivity contribution in [3.63, 3.8) is 0 Å². The van der Waals surface area contributed by atoms with Gasteiger partial charge in [0.15, 0.2) is 15.8 Å². The highest BCUT2D eigenvalue weighted by molar-refractivity contribution is 8.27. The number of thioether (sulfide) groups is 1. The van der Waals surface area contributed by atoms with Crippen molar-refractivity contribution in [2.24, 2.45) is 0 Å². The fourth-order valence-corrected chi connectivity index (χ4v) is 5.47. The van der Waals surface area contributed by atoms with Crippen molar-refractivity contribution in [2.45, 2.75) is 20.0 Å². The highest BCUT2D eigenvalue weighted by Gasteiger charge is 2.33. The van der Waals surface area contributed by atoms with Gasteiger partial charge in [0, 0.05) is 21.2 Å². The summed E-state index contributed by atoms with van der Waals surface area (Å²) >= 11 is 19.1. The molecule has 1 heterocycles. The molecule has 1 fully saturated rings. The zero-order valence-corrected chi connectivity index (χ0v) is 22.6. The van der Waals surface area contributed by atoms with Gasteiger partial charge in [-0.2, -0.15) is 0 Å². The molecule has 184 valence electrons. The number of thiocarbonyl (C=S) groups is 1. The van der Waals surface area contributed by atoms with E-state index in [1.807, 2.05) is 61.5 Å². The molecule has 0 spiro atoms. The molecule has 4 nitrogen and oxygen atoms in total. The van der Waals surface area contributed by atoms with Crippen LogP contribution in [0.5, 0.6) is 11.5 Å². The van der Waals surface area contributed by atoms with E-state index in [0.29, 0.717) is 43.8 Å². The first-order valence-electron chi connectivity index (χ1n) is 11.2. The maximum atomic E-state index is 13.2. The van der Waals surface area contributed by atoms with Gasteiger partial charge in [0.2, 0.25) is 0 Å². The molecule has 36 heavy (non-hydrogen) atoms. The Labute approximate surface area is 230 Å². The number of carbonyl (C=O) groups excluding carboxylic acids is 1. The standard InChI is InChI=1S/C28H23Cl2NO3S2/c1-3-8-19-13-18(15-25-27(32)31(28(35)36-25)22-9-6-5-7-10-22)14-24(33-4-2)26(19)34-17-20-11-12-21(29)16-23(20)30/h3,5-7,9-16H,1,4,8,17H2,2H3/b25-15+. The van der Waals surface area contributed by atoms with Gasteiger partial charge in [-0.1, -0.05) is 77.5 Å². The number of halogens is 2. The Morgan fingerprint density at radius 1 is 1.06 bits per heavy atom. The van der Waals surface area contributed by atoms with E-state index >= 15 is 0 Å². The van der Waals surface area contributed by atoms with Crippen molar-refractivity contribution in [2.75, 3.05) is 11.5 Å². The van der Waals surface area contributed by atoms with E-state index in [1.54, 1.807) is 23.1 Å². The second-order valence-corrected chi connectivity index (χ2v) is 10.3. The fourth-order valence-electron chi connectivity index (χ4n) is 3.71. The Bertz CT molecular complexity index is 1340. The smallest absolute Gasteiger partial charge is 0.270 e. The van der Waals surface area contributed by atoms with Gasteiger partial charge in [0.25, 0.3) is 5.91 Å². The molecule has 0 atom stereocenters. The first-order chi connectivity index (χ1) is 17.4. The molecule has 0 bridgehead atoms. The van der Waals surface area contributed by atoms with Gasteiger partial charge in [-0.15, -0.1) is 6.58 Å². The van der Waals surface area contributed by atoms with Gasteiger partial charge >= 0.3 is 0 Å². The molecule has 1 amide bonds. The van der Waals surface area contributed by atoms with E-state index in [2.05, 4.69) is 6.58 Å². The van der Waals surface area contributed by atoms with Crippen LogP contribution in [0, 0.1) is 0 Å². The van der Waals surface area contributed by atoms with Gasteiger partial charge in [0.05, 0.1) is 17.2 Å². The molecule has 0 radical (unpaired) electrons. The lowest BCUT2D eigenvalue weighted by Crippen LogP contribution is -2.27. The normalized spacial score (nSPS) is 14.4. The Balaban J connectivity index is 1.67. The van der Waals surface area contributed by atoms with Gasteiger partial charge in [-0.25, -0.2) is 0 Å². The van der Waals surface area contributed by atoms with Crippen LogP contribution in [-0.2, 0) is 17.8 Å². The molecular weight excluding hydrogens is 533 g/mol. The van der Waals surface area contributed by atoms with Crippen molar-refractivity contribution in [3.05, 3.63) is 105 Å². The molecule has 0 N–H and O–H groups in total. The number of carbonyl (C=O) groups is 1. The number of hydrogen-bond donors (Lipinski definition) is 0. The number of amides is 1. The minimum atomic E-state index is -0.155. The summed E-state index contributed by atoms with van der Waals surface area (Å²) in [6, 6.07) is 18.5. The monoisotopic (exact) mass is 555 g/mol. The van der Waals surface area contributed by atoms with Crippen molar-refractivity contribution in [1.29, 1.82) is 0 Å². The molecule has 8 heteroatoms. The van der Waals surface area contributed by atoms with Crippen molar-refractivity contribution < 1.29 is 14.3 Å². The summed E-state index contributed by atoms with van der Waals surface area (Å²) in [7, 11) is 0. The Kier molecular flexibility index (Phi) is 8.75. The Hall–Kier alpha value is -2.77. The summed E-state index contributed by atoms with van der Waals surface area (Å²) in [6.45, 7) is 6.49. The zero-order chi connectivity index (χ0) is 25.7. The number of ether oxygens (including phenoxy) is 2. The maximum absolute atomic E-state index is 13.2. The Morgan fingerprint density at radius 3 is 2.53 bits per heavy atom. The largest absolute Gasteiger partial charge is 0.490 e. The molecular formula is C28H23Cl2NO3S2. The minimum Gasteiger partial charge on any atom is -0.490 e. The third-order valence-electron chi connectivity index (χ3n) is 5.31. The lowest BCUT2D eigenvalue weighted by Gasteiger charge is -2.17. The summed E-state index contributed by atoms with van der Waals surface area (Å²) in [5, 5.41) is 1.09. The van der Waals surface area contributed by atoms with Crippen molar-refractivity contribution in [1.82, 2.24) is 0 Å². The molecule has 0 saturated carbocycles. The molecule has 1 aliphatic heterocycles. The predicted molar refractivity (Wildman–Crippen MR) is 154 cm³/mol. The van der Waals surface area contributed by atoms with E-state index < -0.39 is 0 Å². The SMILES string of the molecule is C=CCc1cc(/C=C2/SC(=S)N(c3ccccc3)C2=O)cc(OCC)c1OCc1ccc(Cl)cc1Cl. The molecule has 0 aromatic heterocycles. The lowest BCUT2D eigenvalue weighted by molar-refractivity contribution is -0.113. The maximum Gasteiger partial charge on any atom is 0.270 e. The van der Waals surface area contributed by atoms with Gasteiger partial charge in [0.1, 0.15) is 6.61 Å². The average Bonchev–Trinajstić information content (AvgIpc) is 3.13. The topological polar surface area (TPSA) is 38.8 Å². The van der Waals surface area contributed by atoms with E-state index in [1.165, 1.54) is 11.8 Å². The van der Waals surface area contributed by atoms with Crippen LogP contribution in [0.4, 0.5) is 5.69 Å². The third-order valence-corrected chi connectivity index (χ3v) is 7.20. The molecule has 3 aromatic rings. The molecule has 1 aliphatic rings. The highest BCUT2D eigenvalue weighted by atomic mass is 35.5. The third kappa shape index (κ3) is 5.95. The summed E-state index contributed by atoms with van der Waals surface area (Å²) in [4.78, 5) is 15.3. The van der Waals surface area contributed by atoms with Crippen LogP contribution in [0.3, 0.4) is 0 Å². The van der Waals surface area contributed by atoms with Gasteiger partial charge in [-0.05, 0) is 61.4 Å². The average molecular weight is 557 g/mol. The van der Waals surface area contributed by atoms with Gasteiger partial charge < -0.3 is 9.47 Å². The van der Waals surface area contributed by atoms with E-state index in [4.69, 9.17) is 44.9 Å². The van der Waals surface area contributed by atoms with Gasteiger partial charge in [-0.3, -0.25) is 9.69 Å². The van der Waals surface area contributed by atoms with Crippen LogP contribution in [0.15, 0.2) is 78.2 Å². The van der Waals surface area contributed by atoms with Crippen LogP contribution in [0.25, 0.3) is 6.08 Å². The summed E-state index contributed by atoms with van der Waals surface area (Å²) in [5.74, 6) is 1.03. The number of rotatable bonds is 9. The predicted octanol–water partition coefficient (Wildman–Crippen LogP) is 8.11. The second-order valence-electron chi connectivity index (χ2n) is 7.81. The van der Waals surface area contributed by atoms with Crippen LogP contribution >= 0.6 is 47.2 Å². The number of hydrogen-bond acceptors (Lipinski definition) is 5. The van der Waals surface area contributed by atoms with E-state index in [-0.39, 0.29) is 12.5 Å². The van der Waals surface area contributed by atoms with Crippen LogP contribution in [0.1, 0.15) is 23.6 Å². The number of para-hydroxylation sites is 1. The molecule has 0 unspecified atom stereocenters. The first kappa shape index (κ1) is 26.3. The zero-order valence-electron chi connectivity index (χ0n) is 19.5. The van der Waals surface area contributed by atoms with E-state index in [9.17, 15) is 4.79 Å². The summed E-state index contributed by atoms with van der Waals surface area (Å²) in [6.07, 6.45) is 4.18. The fraction of sp³-hybridized carbons (Fsp3) is 0.143. The minimum absolute atomic E-state index is 0.155. The van der Waals surface area contributed by atoms with Crippen LogP contribution in [0.2, 0.25) is 10.0 Å². The van der Waals surface area contributed by atoms with Crippen molar-refractivity contribution >= 4 is 69.2 Å². The number of nitrogens with zero attached hydrogens (tertiary/aromatic N) is 1. The molecule has 0 aliphatic carbocycles. The summed E-state index contributed by atoms with van der Waals surface area (Å²) in [5.41, 5.74) is 3.24. The van der Waals surface area contributed by atoms with Crippen molar-refractivity contribution in [3.8, 4) is 11.5 Å². The van der Waals surface area contributed by atoms with E-state index in [0.717, 1.165) is 22.4 Å². The second kappa shape index (κ2) is 12.0. The first-order valence-corrected chi connectivity index (χ1v) is 13.2. The molecule has 3 aromatic carbocycles. The lowest BCUT2D eigenvalue weighted by atomic mass is 10.0. The van der Waals surface area contributed by atoms with Crippen LogP contribution in [-0.4, -0.2) is 16.8 Å². The molecule has 4 rings (SSSR count). The Morgan fingerprint density at radius 2 is 1.83 bits per heavy atom. The number of benzene rings is 3. The van der Waals surface area contributed by atoms with Crippen LogP contribution < -0.4 is 14.4 Å².